The third-order valence-electron chi connectivity index (χ3n) is 3.54. The summed E-state index contributed by atoms with van der Waals surface area (Å²) in [5.41, 5.74) is 2.52. The first kappa shape index (κ1) is 13.5. The van der Waals surface area contributed by atoms with Gasteiger partial charge in [-0.25, -0.2) is 4.98 Å². The van der Waals surface area contributed by atoms with Crippen molar-refractivity contribution < 1.29 is 0 Å². The van der Waals surface area contributed by atoms with Crippen LogP contribution in [0, 0.1) is 0 Å². The molecule has 0 saturated heterocycles. The van der Waals surface area contributed by atoms with Crippen LogP contribution in [-0.2, 0) is 19.3 Å². The van der Waals surface area contributed by atoms with E-state index in [1.807, 2.05) is 18.2 Å². The fourth-order valence-electron chi connectivity index (χ4n) is 2.49. The van der Waals surface area contributed by atoms with Crippen LogP contribution in [-0.4, -0.2) is 20.2 Å². The minimum absolute atomic E-state index is 0.0970. The van der Waals surface area contributed by atoms with Crippen molar-refractivity contribution in [2.45, 2.75) is 32.6 Å². The second-order valence-electron chi connectivity index (χ2n) is 5.15. The standard InChI is InChI=1S/C16H18N4O/c1-2-6-12-14-15(20-19-12)17-13(18-16(14)21)10-9-11-7-4-3-5-8-11/h3-5,7-8H,2,6,9-10H2,1H3,(H2,17,18,19,20,21). The summed E-state index contributed by atoms with van der Waals surface area (Å²) in [5, 5.41) is 7.68. The van der Waals surface area contributed by atoms with Gasteiger partial charge >= 0.3 is 0 Å². The van der Waals surface area contributed by atoms with Crippen LogP contribution in [0.3, 0.4) is 0 Å². The molecule has 3 rings (SSSR count). The van der Waals surface area contributed by atoms with Gasteiger partial charge in [0.2, 0.25) is 0 Å². The number of aromatic amines is 2. The van der Waals surface area contributed by atoms with Crippen LogP contribution in [0.25, 0.3) is 11.0 Å². The van der Waals surface area contributed by atoms with Crippen molar-refractivity contribution in [3.63, 3.8) is 0 Å². The first-order chi connectivity index (χ1) is 10.3. The Morgan fingerprint density at radius 2 is 1.90 bits per heavy atom. The SMILES string of the molecule is CCCc1[nH]nc2nc(CCc3ccccc3)[nH]c(=O)c12. The van der Waals surface area contributed by atoms with Gasteiger partial charge in [0.25, 0.3) is 5.56 Å². The smallest absolute Gasteiger partial charge is 0.262 e. The molecule has 0 amide bonds. The highest BCUT2D eigenvalue weighted by Gasteiger charge is 2.11. The number of nitrogens with one attached hydrogen (secondary N) is 2. The molecule has 108 valence electrons. The predicted octanol–water partition coefficient (Wildman–Crippen LogP) is 2.38. The fraction of sp³-hybridized carbons (Fsp3) is 0.312. The molecule has 0 aliphatic rings. The van der Waals surface area contributed by atoms with Crippen molar-refractivity contribution in [1.82, 2.24) is 20.2 Å². The van der Waals surface area contributed by atoms with Crippen LogP contribution in [0.2, 0.25) is 0 Å². The summed E-state index contributed by atoms with van der Waals surface area (Å²) in [7, 11) is 0. The summed E-state index contributed by atoms with van der Waals surface area (Å²) in [5.74, 6) is 0.686. The fourth-order valence-corrected chi connectivity index (χ4v) is 2.49. The number of aryl methyl sites for hydroxylation is 3. The highest BCUT2D eigenvalue weighted by atomic mass is 16.1. The molecule has 3 aromatic rings. The lowest BCUT2D eigenvalue weighted by Gasteiger charge is -2.01. The third-order valence-corrected chi connectivity index (χ3v) is 3.54. The van der Waals surface area contributed by atoms with Gasteiger partial charge < -0.3 is 4.98 Å². The normalized spacial score (nSPS) is 11.1. The van der Waals surface area contributed by atoms with E-state index in [4.69, 9.17) is 0 Å². The van der Waals surface area contributed by atoms with Gasteiger partial charge in [0.05, 0.1) is 5.69 Å². The monoisotopic (exact) mass is 282 g/mol. The van der Waals surface area contributed by atoms with Crippen LogP contribution in [0.5, 0.6) is 0 Å². The zero-order chi connectivity index (χ0) is 14.7. The quantitative estimate of drug-likeness (QED) is 0.754. The van der Waals surface area contributed by atoms with Gasteiger partial charge in [0.15, 0.2) is 5.65 Å². The number of nitrogens with zero attached hydrogens (tertiary/aromatic N) is 2. The summed E-state index contributed by atoms with van der Waals surface area (Å²) in [6.45, 7) is 2.07. The lowest BCUT2D eigenvalue weighted by atomic mass is 10.1. The molecule has 0 saturated carbocycles. The maximum absolute atomic E-state index is 12.2. The molecule has 1 aromatic carbocycles. The molecule has 0 aliphatic heterocycles. The largest absolute Gasteiger partial charge is 0.310 e. The Hall–Kier alpha value is -2.43. The Labute approximate surface area is 122 Å². The lowest BCUT2D eigenvalue weighted by molar-refractivity contribution is 0.857. The number of hydrogen-bond acceptors (Lipinski definition) is 3. The molecular formula is C16H18N4O. The van der Waals surface area contributed by atoms with E-state index in [-0.39, 0.29) is 5.56 Å². The molecule has 0 radical (unpaired) electrons. The molecule has 2 aromatic heterocycles. The van der Waals surface area contributed by atoms with Crippen LogP contribution in [0.15, 0.2) is 35.1 Å². The second kappa shape index (κ2) is 5.91. The molecule has 0 spiro atoms. The van der Waals surface area contributed by atoms with Crippen LogP contribution in [0.4, 0.5) is 0 Å². The Balaban J connectivity index is 1.86. The minimum atomic E-state index is -0.0970. The van der Waals surface area contributed by atoms with Crippen molar-refractivity contribution >= 4 is 11.0 Å². The molecule has 2 N–H and O–H groups in total. The Morgan fingerprint density at radius 1 is 1.10 bits per heavy atom. The number of fused-ring (bicyclic) bond motifs is 1. The average molecular weight is 282 g/mol. The molecule has 5 heteroatoms. The van der Waals surface area contributed by atoms with Gasteiger partial charge in [0.1, 0.15) is 11.2 Å². The average Bonchev–Trinajstić information content (AvgIpc) is 2.90. The van der Waals surface area contributed by atoms with E-state index >= 15 is 0 Å². The maximum atomic E-state index is 12.2. The number of rotatable bonds is 5. The molecule has 0 aliphatic carbocycles. The first-order valence-corrected chi connectivity index (χ1v) is 7.28. The number of H-pyrrole nitrogens is 2. The third kappa shape index (κ3) is 2.86. The van der Waals surface area contributed by atoms with E-state index in [0.29, 0.717) is 23.3 Å². The maximum Gasteiger partial charge on any atom is 0.262 e. The molecule has 0 atom stereocenters. The van der Waals surface area contributed by atoms with E-state index < -0.39 is 0 Å². The lowest BCUT2D eigenvalue weighted by Crippen LogP contribution is -2.13. The topological polar surface area (TPSA) is 74.4 Å². The number of aromatic nitrogens is 4. The van der Waals surface area contributed by atoms with Crippen LogP contribution < -0.4 is 5.56 Å². The molecule has 5 nitrogen and oxygen atoms in total. The second-order valence-corrected chi connectivity index (χ2v) is 5.15. The Kier molecular flexibility index (Phi) is 3.81. The van der Waals surface area contributed by atoms with Crippen molar-refractivity contribution in [1.29, 1.82) is 0 Å². The van der Waals surface area contributed by atoms with Crippen molar-refractivity contribution in [3.8, 4) is 0 Å². The van der Waals surface area contributed by atoms with Crippen molar-refractivity contribution in [3.05, 3.63) is 57.8 Å². The summed E-state index contributed by atoms with van der Waals surface area (Å²) in [6, 6.07) is 10.2. The summed E-state index contributed by atoms with van der Waals surface area (Å²) in [4.78, 5) is 19.5. The van der Waals surface area contributed by atoms with Crippen LogP contribution in [0.1, 0.15) is 30.4 Å². The predicted molar refractivity (Wildman–Crippen MR) is 82.4 cm³/mol. The molecule has 0 fully saturated rings. The van der Waals surface area contributed by atoms with Gasteiger partial charge in [-0.3, -0.25) is 9.89 Å². The summed E-state index contributed by atoms with van der Waals surface area (Å²) < 4.78 is 0. The zero-order valence-electron chi connectivity index (χ0n) is 12.0. The number of benzene rings is 1. The van der Waals surface area contributed by atoms with E-state index in [0.717, 1.165) is 25.0 Å². The van der Waals surface area contributed by atoms with E-state index in [1.54, 1.807) is 0 Å². The van der Waals surface area contributed by atoms with E-state index in [2.05, 4.69) is 39.2 Å². The van der Waals surface area contributed by atoms with Crippen molar-refractivity contribution in [2.24, 2.45) is 0 Å². The van der Waals surface area contributed by atoms with Crippen molar-refractivity contribution in [2.75, 3.05) is 0 Å². The molecule has 21 heavy (non-hydrogen) atoms. The Bertz CT molecular complexity index is 789. The van der Waals surface area contributed by atoms with Gasteiger partial charge in [-0.15, -0.1) is 0 Å². The summed E-state index contributed by atoms with van der Waals surface area (Å²) >= 11 is 0. The Morgan fingerprint density at radius 3 is 2.67 bits per heavy atom. The minimum Gasteiger partial charge on any atom is -0.310 e. The van der Waals surface area contributed by atoms with Gasteiger partial charge in [-0.05, 0) is 18.4 Å². The summed E-state index contributed by atoms with van der Waals surface area (Å²) in [6.07, 6.45) is 3.32. The van der Waals surface area contributed by atoms with E-state index in [1.165, 1.54) is 5.56 Å². The highest BCUT2D eigenvalue weighted by molar-refractivity contribution is 5.76. The van der Waals surface area contributed by atoms with E-state index in [9.17, 15) is 4.79 Å². The molecule has 2 heterocycles. The molecule has 0 bridgehead atoms. The first-order valence-electron chi connectivity index (χ1n) is 7.28. The van der Waals surface area contributed by atoms with Gasteiger partial charge in [-0.2, -0.15) is 5.10 Å². The molecular weight excluding hydrogens is 264 g/mol. The van der Waals surface area contributed by atoms with Gasteiger partial charge in [-0.1, -0.05) is 43.7 Å². The van der Waals surface area contributed by atoms with Crippen LogP contribution >= 0.6 is 0 Å². The van der Waals surface area contributed by atoms with Gasteiger partial charge in [0, 0.05) is 6.42 Å². The zero-order valence-corrected chi connectivity index (χ0v) is 12.0. The highest BCUT2D eigenvalue weighted by Crippen LogP contribution is 2.11. The molecule has 0 unspecified atom stereocenters. The number of hydrogen-bond donors (Lipinski definition) is 2.